The van der Waals surface area contributed by atoms with Gasteiger partial charge in [-0.15, -0.1) is 0 Å². The van der Waals surface area contributed by atoms with Crippen LogP contribution in [0.25, 0.3) is 0 Å². The molecule has 1 atom stereocenters. The average Bonchev–Trinajstić information content (AvgIpc) is 3.35. The molecule has 1 N–H and O–H groups in total. The van der Waals surface area contributed by atoms with Crippen molar-refractivity contribution in [1.29, 1.82) is 0 Å². The number of carbonyl (C=O) groups excluding carboxylic acids is 2. The van der Waals surface area contributed by atoms with Crippen LogP contribution in [0.5, 0.6) is 5.75 Å². The van der Waals surface area contributed by atoms with E-state index in [-0.39, 0.29) is 24.2 Å². The Kier molecular flexibility index (Phi) is 7.43. The van der Waals surface area contributed by atoms with Gasteiger partial charge in [-0.05, 0) is 24.1 Å². The molecule has 1 unspecified atom stereocenters. The zero-order valence-corrected chi connectivity index (χ0v) is 13.4. The number of esters is 2. The highest BCUT2D eigenvalue weighted by Crippen LogP contribution is 2.21. The largest absolute Gasteiger partial charge is 0.508 e. The second-order valence-corrected chi connectivity index (χ2v) is 5.43. The topological polar surface area (TPSA) is 72.8 Å². The third-order valence-electron chi connectivity index (χ3n) is 3.07. The highest BCUT2D eigenvalue weighted by Gasteiger charge is 2.14. The van der Waals surface area contributed by atoms with Gasteiger partial charge in [-0.1, -0.05) is 32.3 Å². The normalized spacial score (nSPS) is 13.4. The lowest BCUT2D eigenvalue weighted by Gasteiger charge is -2.11. The molecule has 0 spiro atoms. The van der Waals surface area contributed by atoms with Crippen molar-refractivity contribution >= 4 is 11.9 Å². The monoisotopic (exact) mass is 308 g/mol. The summed E-state index contributed by atoms with van der Waals surface area (Å²) in [7, 11) is 1.35. The maximum absolute atomic E-state index is 11.3. The first-order valence-electron chi connectivity index (χ1n) is 7.46. The van der Waals surface area contributed by atoms with Crippen molar-refractivity contribution < 1.29 is 24.2 Å². The predicted molar refractivity (Wildman–Crippen MR) is 82.3 cm³/mol. The van der Waals surface area contributed by atoms with Gasteiger partial charge in [-0.3, -0.25) is 9.59 Å². The Morgan fingerprint density at radius 3 is 2.41 bits per heavy atom. The molecule has 1 fully saturated rings. The summed E-state index contributed by atoms with van der Waals surface area (Å²) in [5.74, 6) is -0.894. The summed E-state index contributed by atoms with van der Waals surface area (Å²) >= 11 is 0. The van der Waals surface area contributed by atoms with Gasteiger partial charge in [0, 0.05) is 12.5 Å². The molecular formula is C17H24O5. The van der Waals surface area contributed by atoms with Gasteiger partial charge >= 0.3 is 11.9 Å². The summed E-state index contributed by atoms with van der Waals surface area (Å²) in [5, 5.41) is 9.65. The van der Waals surface area contributed by atoms with E-state index in [0.29, 0.717) is 12.0 Å². The van der Waals surface area contributed by atoms with E-state index >= 15 is 0 Å². The van der Waals surface area contributed by atoms with Gasteiger partial charge in [0.25, 0.3) is 0 Å². The first-order valence-corrected chi connectivity index (χ1v) is 7.46. The molecule has 2 rings (SSSR count). The molecule has 0 bridgehead atoms. The van der Waals surface area contributed by atoms with Crippen LogP contribution in [-0.4, -0.2) is 24.2 Å². The number of ether oxygens (including phenoxy) is 2. The molecule has 0 aliphatic heterocycles. The molecule has 5 heteroatoms. The fourth-order valence-electron chi connectivity index (χ4n) is 1.70. The molecule has 5 nitrogen and oxygen atoms in total. The van der Waals surface area contributed by atoms with E-state index in [2.05, 4.69) is 4.74 Å². The lowest BCUT2D eigenvalue weighted by atomic mass is 9.99. The van der Waals surface area contributed by atoms with Crippen LogP contribution in [0.15, 0.2) is 18.2 Å². The Balaban J connectivity index is 0.000000714. The lowest BCUT2D eigenvalue weighted by molar-refractivity contribution is -0.145. The Morgan fingerprint density at radius 1 is 1.27 bits per heavy atom. The minimum absolute atomic E-state index is 0.0155. The molecule has 1 aromatic carbocycles. The van der Waals surface area contributed by atoms with Crippen molar-refractivity contribution in [3.05, 3.63) is 29.3 Å². The number of phenolic OH excluding ortho intramolecular Hbond substituents is 1. The standard InChI is InChI=1S/C14H18O5.C3H6/c1-9(14(17)18-3)6-11-4-5-13(16)12(7-11)8-19-10(2)15;1-2-3-1/h4-5,7,9,16H,6,8H2,1-3H3;1-3H2. The number of aromatic hydroxyl groups is 1. The lowest BCUT2D eigenvalue weighted by Crippen LogP contribution is -2.15. The van der Waals surface area contributed by atoms with Crippen molar-refractivity contribution in [2.45, 2.75) is 46.1 Å². The van der Waals surface area contributed by atoms with E-state index in [9.17, 15) is 14.7 Å². The molecule has 0 saturated heterocycles. The second kappa shape index (κ2) is 9.07. The van der Waals surface area contributed by atoms with Gasteiger partial charge in [-0.2, -0.15) is 0 Å². The molecule has 0 radical (unpaired) electrons. The van der Waals surface area contributed by atoms with Crippen molar-refractivity contribution in [3.63, 3.8) is 0 Å². The van der Waals surface area contributed by atoms with Crippen LogP contribution < -0.4 is 0 Å². The predicted octanol–water partition coefficient (Wildman–Crippen LogP) is 2.98. The number of hydrogen-bond acceptors (Lipinski definition) is 5. The molecule has 0 aromatic heterocycles. The van der Waals surface area contributed by atoms with E-state index in [1.54, 1.807) is 19.1 Å². The van der Waals surface area contributed by atoms with Crippen LogP contribution in [0.1, 0.15) is 44.2 Å². The maximum atomic E-state index is 11.3. The summed E-state index contributed by atoms with van der Waals surface area (Å²) in [4.78, 5) is 22.1. The number of phenols is 1. The summed E-state index contributed by atoms with van der Waals surface area (Å²) in [5.41, 5.74) is 1.39. The zero-order chi connectivity index (χ0) is 16.5. The summed E-state index contributed by atoms with van der Waals surface area (Å²) in [6.45, 7) is 3.09. The molecule has 1 saturated carbocycles. The van der Waals surface area contributed by atoms with Crippen molar-refractivity contribution in [3.8, 4) is 5.75 Å². The Bertz CT molecular complexity index is 505. The molecule has 22 heavy (non-hydrogen) atoms. The van der Waals surface area contributed by atoms with Crippen LogP contribution in [0.4, 0.5) is 0 Å². The molecule has 0 amide bonds. The number of methoxy groups -OCH3 is 1. The third-order valence-corrected chi connectivity index (χ3v) is 3.07. The molecule has 1 aromatic rings. The van der Waals surface area contributed by atoms with E-state index < -0.39 is 5.97 Å². The van der Waals surface area contributed by atoms with Gasteiger partial charge < -0.3 is 14.6 Å². The Labute approximate surface area is 131 Å². The highest BCUT2D eigenvalue weighted by molar-refractivity contribution is 5.72. The quantitative estimate of drug-likeness (QED) is 0.847. The number of benzene rings is 1. The second-order valence-electron chi connectivity index (χ2n) is 5.43. The first kappa shape index (κ1) is 18.0. The third kappa shape index (κ3) is 7.11. The van der Waals surface area contributed by atoms with Crippen molar-refractivity contribution in [1.82, 2.24) is 0 Å². The maximum Gasteiger partial charge on any atom is 0.308 e. The fourth-order valence-corrected chi connectivity index (χ4v) is 1.70. The molecule has 0 heterocycles. The first-order chi connectivity index (χ1) is 10.4. The van der Waals surface area contributed by atoms with Gasteiger partial charge in [0.1, 0.15) is 12.4 Å². The van der Waals surface area contributed by atoms with Crippen molar-refractivity contribution in [2.24, 2.45) is 5.92 Å². The zero-order valence-electron chi connectivity index (χ0n) is 13.4. The van der Waals surface area contributed by atoms with Crippen LogP contribution in [0, 0.1) is 5.92 Å². The number of rotatable bonds is 5. The SMILES string of the molecule is C1CC1.COC(=O)C(C)Cc1ccc(O)c(COC(C)=O)c1. The fraction of sp³-hybridized carbons (Fsp3) is 0.529. The molecular weight excluding hydrogens is 284 g/mol. The van der Waals surface area contributed by atoms with E-state index in [4.69, 9.17) is 4.74 Å². The van der Waals surface area contributed by atoms with Crippen LogP contribution in [-0.2, 0) is 32.1 Å². The van der Waals surface area contributed by atoms with Crippen molar-refractivity contribution in [2.75, 3.05) is 7.11 Å². The van der Waals surface area contributed by atoms with Gasteiger partial charge in [0.15, 0.2) is 0 Å². The van der Waals surface area contributed by atoms with Gasteiger partial charge in [0.05, 0.1) is 13.0 Å². The molecule has 1 aliphatic rings. The van der Waals surface area contributed by atoms with E-state index in [1.807, 2.05) is 0 Å². The van der Waals surface area contributed by atoms with Gasteiger partial charge in [-0.25, -0.2) is 0 Å². The summed E-state index contributed by atoms with van der Waals surface area (Å²) in [6, 6.07) is 4.97. The summed E-state index contributed by atoms with van der Waals surface area (Å²) in [6.07, 6.45) is 5.00. The Morgan fingerprint density at radius 2 is 1.91 bits per heavy atom. The molecule has 122 valence electrons. The van der Waals surface area contributed by atoms with Gasteiger partial charge in [0.2, 0.25) is 0 Å². The average molecular weight is 308 g/mol. The van der Waals surface area contributed by atoms with E-state index in [0.717, 1.165) is 5.56 Å². The Hall–Kier alpha value is -2.04. The number of hydrogen-bond donors (Lipinski definition) is 1. The minimum atomic E-state index is -0.410. The highest BCUT2D eigenvalue weighted by atomic mass is 16.5. The minimum Gasteiger partial charge on any atom is -0.508 e. The smallest absolute Gasteiger partial charge is 0.308 e. The van der Waals surface area contributed by atoms with Crippen LogP contribution in [0.3, 0.4) is 0 Å². The molecule has 1 aliphatic carbocycles. The number of carbonyl (C=O) groups is 2. The van der Waals surface area contributed by atoms with Crippen LogP contribution in [0.2, 0.25) is 0 Å². The van der Waals surface area contributed by atoms with Crippen LogP contribution >= 0.6 is 0 Å². The summed E-state index contributed by atoms with van der Waals surface area (Å²) < 4.78 is 9.51. The van der Waals surface area contributed by atoms with E-state index in [1.165, 1.54) is 39.4 Å².